The van der Waals surface area contributed by atoms with Crippen molar-refractivity contribution in [3.05, 3.63) is 71.8 Å². The Hall–Kier alpha value is -2.66. The molecule has 0 saturated carbocycles. The third kappa shape index (κ3) is 3.93. The molecule has 5 heteroatoms. The zero-order valence-electron chi connectivity index (χ0n) is 11.9. The van der Waals surface area contributed by atoms with Crippen LogP contribution >= 0.6 is 0 Å². The summed E-state index contributed by atoms with van der Waals surface area (Å²) >= 11 is 0. The number of hydrogen-bond donors (Lipinski definition) is 2. The Labute approximate surface area is 128 Å². The third-order valence-electron chi connectivity index (χ3n) is 3.26. The van der Waals surface area contributed by atoms with E-state index in [1.54, 1.807) is 54.6 Å². The highest BCUT2D eigenvalue weighted by Crippen LogP contribution is 2.13. The van der Waals surface area contributed by atoms with Crippen LogP contribution in [0.4, 0.5) is 0 Å². The third-order valence-corrected chi connectivity index (χ3v) is 3.26. The minimum atomic E-state index is -1.66. The number of hydrogen-bond acceptors (Lipinski definition) is 4. The molecule has 0 aliphatic heterocycles. The zero-order valence-corrected chi connectivity index (χ0v) is 11.9. The van der Waals surface area contributed by atoms with E-state index >= 15 is 0 Å². The van der Waals surface area contributed by atoms with Crippen LogP contribution < -0.4 is 5.73 Å². The lowest BCUT2D eigenvalue weighted by Gasteiger charge is -2.24. The minimum Gasteiger partial charge on any atom is -0.480 e. The van der Waals surface area contributed by atoms with Crippen molar-refractivity contribution in [2.75, 3.05) is 6.61 Å². The van der Waals surface area contributed by atoms with E-state index in [0.29, 0.717) is 5.56 Å². The quantitative estimate of drug-likeness (QED) is 0.795. The summed E-state index contributed by atoms with van der Waals surface area (Å²) in [5.41, 5.74) is 5.38. The summed E-state index contributed by atoms with van der Waals surface area (Å²) in [6, 6.07) is 17.4. The van der Waals surface area contributed by atoms with Crippen LogP contribution in [-0.4, -0.2) is 29.2 Å². The minimum absolute atomic E-state index is 0.0746. The Morgan fingerprint density at radius 2 is 1.55 bits per heavy atom. The number of esters is 1. The van der Waals surface area contributed by atoms with Crippen molar-refractivity contribution in [3.8, 4) is 0 Å². The monoisotopic (exact) mass is 299 g/mol. The maximum Gasteiger partial charge on any atom is 0.338 e. The van der Waals surface area contributed by atoms with Gasteiger partial charge in [0, 0.05) is 6.42 Å². The maximum absolute atomic E-state index is 11.9. The number of carboxylic acid groups (broad SMARTS) is 1. The van der Waals surface area contributed by atoms with Gasteiger partial charge in [-0.1, -0.05) is 48.5 Å². The predicted octanol–water partition coefficient (Wildman–Crippen LogP) is 1.87. The SMILES string of the molecule is N[C@@](COC(=O)c1ccccc1)(Cc1ccccc1)C(=O)O. The van der Waals surface area contributed by atoms with Crippen molar-refractivity contribution in [2.24, 2.45) is 5.73 Å². The molecular formula is C17H17NO4. The lowest BCUT2D eigenvalue weighted by atomic mass is 9.93. The Kier molecular flexibility index (Phi) is 4.91. The van der Waals surface area contributed by atoms with Gasteiger partial charge in [-0.2, -0.15) is 0 Å². The summed E-state index contributed by atoms with van der Waals surface area (Å²) in [7, 11) is 0. The fourth-order valence-corrected chi connectivity index (χ4v) is 2.00. The molecule has 0 amide bonds. The number of benzene rings is 2. The van der Waals surface area contributed by atoms with Crippen LogP contribution in [0.2, 0.25) is 0 Å². The van der Waals surface area contributed by atoms with Gasteiger partial charge in [0.15, 0.2) is 5.54 Å². The predicted molar refractivity (Wildman–Crippen MR) is 81.4 cm³/mol. The van der Waals surface area contributed by atoms with Crippen LogP contribution in [0, 0.1) is 0 Å². The van der Waals surface area contributed by atoms with E-state index in [0.717, 1.165) is 5.56 Å². The first kappa shape index (κ1) is 15.7. The van der Waals surface area contributed by atoms with Gasteiger partial charge in [-0.05, 0) is 17.7 Å². The van der Waals surface area contributed by atoms with Gasteiger partial charge in [-0.25, -0.2) is 4.79 Å². The fourth-order valence-electron chi connectivity index (χ4n) is 2.00. The molecule has 114 valence electrons. The van der Waals surface area contributed by atoms with E-state index in [2.05, 4.69) is 0 Å². The van der Waals surface area contributed by atoms with E-state index in [9.17, 15) is 14.7 Å². The number of carbonyl (C=O) groups excluding carboxylic acids is 1. The van der Waals surface area contributed by atoms with Gasteiger partial charge in [0.2, 0.25) is 0 Å². The molecule has 0 aromatic heterocycles. The van der Waals surface area contributed by atoms with Gasteiger partial charge in [0.05, 0.1) is 5.56 Å². The van der Waals surface area contributed by atoms with Crippen molar-refractivity contribution in [1.82, 2.24) is 0 Å². The average molecular weight is 299 g/mol. The first-order valence-electron chi connectivity index (χ1n) is 6.80. The molecule has 2 aromatic carbocycles. The summed E-state index contributed by atoms with van der Waals surface area (Å²) in [5.74, 6) is -1.80. The highest BCUT2D eigenvalue weighted by molar-refractivity contribution is 5.89. The van der Waals surface area contributed by atoms with Crippen LogP contribution in [0.25, 0.3) is 0 Å². The number of aliphatic carboxylic acids is 1. The van der Waals surface area contributed by atoms with E-state index in [4.69, 9.17) is 10.5 Å². The second kappa shape index (κ2) is 6.87. The first-order valence-corrected chi connectivity index (χ1v) is 6.80. The fraction of sp³-hybridized carbons (Fsp3) is 0.176. The number of carboxylic acids is 1. The molecule has 0 fully saturated rings. The average Bonchev–Trinajstić information content (AvgIpc) is 2.54. The van der Waals surface area contributed by atoms with Crippen LogP contribution in [-0.2, 0) is 16.0 Å². The van der Waals surface area contributed by atoms with Gasteiger partial charge < -0.3 is 15.6 Å². The van der Waals surface area contributed by atoms with Crippen LogP contribution in [0.3, 0.4) is 0 Å². The highest BCUT2D eigenvalue weighted by Gasteiger charge is 2.36. The molecule has 0 aliphatic carbocycles. The molecule has 0 heterocycles. The molecule has 5 nitrogen and oxygen atoms in total. The first-order chi connectivity index (χ1) is 10.5. The molecule has 2 aromatic rings. The highest BCUT2D eigenvalue weighted by atomic mass is 16.5. The summed E-state index contributed by atoms with van der Waals surface area (Å²) in [6.07, 6.45) is 0.0746. The number of carbonyl (C=O) groups is 2. The van der Waals surface area contributed by atoms with Crippen molar-refractivity contribution >= 4 is 11.9 Å². The molecule has 2 rings (SSSR count). The van der Waals surface area contributed by atoms with Crippen LogP contribution in [0.1, 0.15) is 15.9 Å². The molecule has 1 atom stereocenters. The van der Waals surface area contributed by atoms with E-state index in [-0.39, 0.29) is 6.42 Å². The summed E-state index contributed by atoms with van der Waals surface area (Å²) in [6.45, 7) is -0.398. The number of rotatable bonds is 6. The molecule has 22 heavy (non-hydrogen) atoms. The summed E-state index contributed by atoms with van der Waals surface area (Å²) in [4.78, 5) is 23.4. The van der Waals surface area contributed by atoms with Crippen molar-refractivity contribution < 1.29 is 19.4 Å². The lowest BCUT2D eigenvalue weighted by Crippen LogP contribution is -2.54. The number of nitrogens with two attached hydrogens (primary N) is 1. The van der Waals surface area contributed by atoms with Gasteiger partial charge in [-0.15, -0.1) is 0 Å². The van der Waals surface area contributed by atoms with E-state index < -0.39 is 24.1 Å². The summed E-state index contributed by atoms with van der Waals surface area (Å²) in [5, 5.41) is 9.36. The molecule has 0 saturated heterocycles. The normalized spacial score (nSPS) is 13.1. The van der Waals surface area contributed by atoms with Gasteiger partial charge in [0.1, 0.15) is 6.61 Å². The van der Waals surface area contributed by atoms with Crippen LogP contribution in [0.5, 0.6) is 0 Å². The number of ether oxygens (including phenoxy) is 1. The smallest absolute Gasteiger partial charge is 0.338 e. The molecule has 0 bridgehead atoms. The summed E-state index contributed by atoms with van der Waals surface area (Å²) < 4.78 is 5.08. The van der Waals surface area contributed by atoms with Crippen molar-refractivity contribution in [3.63, 3.8) is 0 Å². The van der Waals surface area contributed by atoms with Crippen molar-refractivity contribution in [2.45, 2.75) is 12.0 Å². The Bertz CT molecular complexity index is 642. The van der Waals surface area contributed by atoms with Gasteiger partial charge >= 0.3 is 11.9 Å². The van der Waals surface area contributed by atoms with Gasteiger partial charge in [0.25, 0.3) is 0 Å². The Morgan fingerprint density at radius 1 is 1.00 bits per heavy atom. The second-order valence-electron chi connectivity index (χ2n) is 5.07. The Balaban J connectivity index is 2.05. The Morgan fingerprint density at radius 3 is 2.09 bits per heavy atom. The molecule has 0 spiro atoms. The molecule has 0 unspecified atom stereocenters. The topological polar surface area (TPSA) is 89.6 Å². The molecule has 0 aliphatic rings. The van der Waals surface area contributed by atoms with Crippen LogP contribution in [0.15, 0.2) is 60.7 Å². The largest absolute Gasteiger partial charge is 0.480 e. The molecule has 0 radical (unpaired) electrons. The maximum atomic E-state index is 11.9. The zero-order chi connectivity index (χ0) is 16.0. The second-order valence-corrected chi connectivity index (χ2v) is 5.07. The standard InChI is InChI=1S/C17H17NO4/c18-17(16(20)21,11-13-7-3-1-4-8-13)12-22-15(19)14-9-5-2-6-10-14/h1-10H,11-12,18H2,(H,20,21)/t17-/m1/s1. The lowest BCUT2D eigenvalue weighted by molar-refractivity contribution is -0.144. The molecule has 3 N–H and O–H groups in total. The van der Waals surface area contributed by atoms with Crippen molar-refractivity contribution in [1.29, 1.82) is 0 Å². The molecular weight excluding hydrogens is 282 g/mol. The van der Waals surface area contributed by atoms with E-state index in [1.165, 1.54) is 0 Å². The van der Waals surface area contributed by atoms with Gasteiger partial charge in [-0.3, -0.25) is 4.79 Å². The van der Waals surface area contributed by atoms with E-state index in [1.807, 2.05) is 6.07 Å².